The Morgan fingerprint density at radius 3 is 2.30 bits per heavy atom. The van der Waals surface area contributed by atoms with Crippen LogP contribution < -0.4 is 0 Å². The fourth-order valence-corrected chi connectivity index (χ4v) is 5.12. The van der Waals surface area contributed by atoms with Crippen molar-refractivity contribution < 1.29 is 27.9 Å². The Hall–Kier alpha value is -1.31. The summed E-state index contributed by atoms with van der Waals surface area (Å²) >= 11 is 0. The molecule has 2 fully saturated rings. The summed E-state index contributed by atoms with van der Waals surface area (Å²) in [5.74, 6) is -1.61. The van der Waals surface area contributed by atoms with Crippen LogP contribution in [0.5, 0.6) is 0 Å². The summed E-state index contributed by atoms with van der Waals surface area (Å²) in [5.41, 5.74) is -0.642. The van der Waals surface area contributed by atoms with E-state index in [0.717, 1.165) is 0 Å². The summed E-state index contributed by atoms with van der Waals surface area (Å²) < 4.78 is 29.4. The highest BCUT2D eigenvalue weighted by atomic mass is 32.2. The third kappa shape index (κ3) is 2.61. The fourth-order valence-electron chi connectivity index (χ4n) is 2.78. The lowest BCUT2D eigenvalue weighted by atomic mass is 10.0. The number of rotatable bonds is 1. The highest BCUT2D eigenvalue weighted by Crippen LogP contribution is 2.38. The number of sulfone groups is 1. The number of ether oxygens (including phenoxy) is 1. The number of nitrogens with zero attached hydrogens (tertiary/aromatic N) is 1. The Kier molecular flexibility index (Phi) is 3.48. The standard InChI is InChI=1S/C12H19NO6S/c1-12(2,3)19-11(16)13-5-7-4-8(10(14)15)20(17,18)9(7)6-13/h7-9H,4-6H2,1-3H3,(H,14,15)/t7-,8?,9+/m0/s1. The molecular weight excluding hydrogens is 286 g/mol. The van der Waals surface area contributed by atoms with E-state index in [1.165, 1.54) is 4.90 Å². The molecule has 2 heterocycles. The van der Waals surface area contributed by atoms with Crippen LogP contribution in [0.2, 0.25) is 0 Å². The summed E-state index contributed by atoms with van der Waals surface area (Å²) in [6.07, 6.45) is -0.476. The van der Waals surface area contributed by atoms with Crippen molar-refractivity contribution in [3.05, 3.63) is 0 Å². The van der Waals surface area contributed by atoms with Crippen LogP contribution >= 0.6 is 0 Å². The Morgan fingerprint density at radius 2 is 1.85 bits per heavy atom. The molecule has 3 atom stereocenters. The van der Waals surface area contributed by atoms with Crippen LogP contribution in [-0.2, 0) is 19.4 Å². The van der Waals surface area contributed by atoms with Crippen molar-refractivity contribution in [2.24, 2.45) is 5.92 Å². The van der Waals surface area contributed by atoms with Crippen LogP contribution in [0, 0.1) is 5.92 Å². The molecule has 2 aliphatic heterocycles. The fraction of sp³-hybridized carbons (Fsp3) is 0.833. The summed E-state index contributed by atoms with van der Waals surface area (Å²) in [6.45, 7) is 5.46. The topological polar surface area (TPSA) is 101 Å². The van der Waals surface area contributed by atoms with E-state index < -0.39 is 38.0 Å². The highest BCUT2D eigenvalue weighted by Gasteiger charge is 2.55. The number of amides is 1. The SMILES string of the molecule is CC(C)(C)OC(=O)N1C[C@@H]2CC(C(=O)O)S(=O)(=O)[C@@H]2C1. The second kappa shape index (κ2) is 4.61. The number of likely N-dealkylation sites (tertiary alicyclic amines) is 1. The van der Waals surface area contributed by atoms with Gasteiger partial charge in [0, 0.05) is 13.1 Å². The van der Waals surface area contributed by atoms with Gasteiger partial charge in [-0.3, -0.25) is 4.79 Å². The van der Waals surface area contributed by atoms with Gasteiger partial charge in [0.15, 0.2) is 15.1 Å². The van der Waals surface area contributed by atoms with Crippen LogP contribution in [0.3, 0.4) is 0 Å². The number of carbonyl (C=O) groups excluding carboxylic acids is 1. The van der Waals surface area contributed by atoms with Gasteiger partial charge in [0.1, 0.15) is 5.60 Å². The van der Waals surface area contributed by atoms with Gasteiger partial charge in [-0.05, 0) is 33.1 Å². The Balaban J connectivity index is 2.09. The zero-order valence-corrected chi connectivity index (χ0v) is 12.5. The molecule has 7 nitrogen and oxygen atoms in total. The molecule has 1 unspecified atom stereocenters. The molecule has 8 heteroatoms. The normalized spacial score (nSPS) is 31.9. The maximum Gasteiger partial charge on any atom is 0.410 e. The monoisotopic (exact) mass is 305 g/mol. The second-order valence-corrected chi connectivity index (χ2v) is 8.69. The van der Waals surface area contributed by atoms with E-state index in [0.29, 0.717) is 0 Å². The molecule has 2 saturated heterocycles. The number of fused-ring (bicyclic) bond motifs is 1. The van der Waals surface area contributed by atoms with Crippen molar-refractivity contribution >= 4 is 21.9 Å². The molecule has 2 rings (SSSR count). The number of aliphatic carboxylic acids is 1. The van der Waals surface area contributed by atoms with Crippen molar-refractivity contribution in [3.8, 4) is 0 Å². The zero-order chi connectivity index (χ0) is 15.3. The summed E-state index contributed by atoms with van der Waals surface area (Å²) in [5, 5.41) is 6.83. The van der Waals surface area contributed by atoms with Crippen molar-refractivity contribution in [3.63, 3.8) is 0 Å². The summed E-state index contributed by atoms with van der Waals surface area (Å²) in [7, 11) is -3.72. The van der Waals surface area contributed by atoms with E-state index in [9.17, 15) is 18.0 Å². The van der Waals surface area contributed by atoms with Gasteiger partial charge in [0.2, 0.25) is 0 Å². The zero-order valence-electron chi connectivity index (χ0n) is 11.7. The minimum absolute atomic E-state index is 0.0195. The molecule has 0 aliphatic carbocycles. The Morgan fingerprint density at radius 1 is 1.25 bits per heavy atom. The maximum absolute atomic E-state index is 12.1. The molecular formula is C12H19NO6S. The van der Waals surface area contributed by atoms with Crippen molar-refractivity contribution in [1.29, 1.82) is 0 Å². The van der Waals surface area contributed by atoms with E-state index in [2.05, 4.69) is 0 Å². The molecule has 114 valence electrons. The number of carboxylic acid groups (broad SMARTS) is 1. The molecule has 1 amide bonds. The summed E-state index contributed by atoms with van der Waals surface area (Å²) in [6, 6.07) is 0. The first-order chi connectivity index (χ1) is 9.02. The molecule has 0 radical (unpaired) electrons. The van der Waals surface area contributed by atoms with Crippen LogP contribution in [0.4, 0.5) is 4.79 Å². The van der Waals surface area contributed by atoms with E-state index >= 15 is 0 Å². The number of carbonyl (C=O) groups is 2. The quantitative estimate of drug-likeness (QED) is 0.756. The minimum atomic E-state index is -3.72. The van der Waals surface area contributed by atoms with E-state index in [4.69, 9.17) is 9.84 Å². The number of carboxylic acids is 1. The van der Waals surface area contributed by atoms with Crippen LogP contribution in [0.15, 0.2) is 0 Å². The molecule has 20 heavy (non-hydrogen) atoms. The Labute approximate surface area is 117 Å². The molecule has 0 saturated carbocycles. The smallest absolute Gasteiger partial charge is 0.410 e. The second-order valence-electron chi connectivity index (χ2n) is 6.34. The van der Waals surface area contributed by atoms with Gasteiger partial charge in [0.25, 0.3) is 0 Å². The molecule has 2 aliphatic rings. The molecule has 0 bridgehead atoms. The van der Waals surface area contributed by atoms with Crippen molar-refractivity contribution in [2.75, 3.05) is 13.1 Å². The highest BCUT2D eigenvalue weighted by molar-refractivity contribution is 7.93. The largest absolute Gasteiger partial charge is 0.480 e. The first-order valence-electron chi connectivity index (χ1n) is 6.46. The van der Waals surface area contributed by atoms with Crippen LogP contribution in [0.1, 0.15) is 27.2 Å². The minimum Gasteiger partial charge on any atom is -0.480 e. The average molecular weight is 305 g/mol. The van der Waals surface area contributed by atoms with Gasteiger partial charge in [-0.1, -0.05) is 0 Å². The number of hydrogen-bond donors (Lipinski definition) is 1. The molecule has 0 aromatic rings. The van der Waals surface area contributed by atoms with Crippen molar-refractivity contribution in [2.45, 2.75) is 43.3 Å². The first kappa shape index (κ1) is 15.1. The lowest BCUT2D eigenvalue weighted by Crippen LogP contribution is -2.39. The van der Waals surface area contributed by atoms with Gasteiger partial charge in [0.05, 0.1) is 5.25 Å². The summed E-state index contributed by atoms with van der Waals surface area (Å²) in [4.78, 5) is 24.2. The molecule has 0 spiro atoms. The predicted octanol–water partition coefficient (Wildman–Crippen LogP) is 0.494. The molecule has 1 N–H and O–H groups in total. The lowest BCUT2D eigenvalue weighted by Gasteiger charge is -2.25. The Bertz CT molecular complexity index is 535. The van der Waals surface area contributed by atoms with Gasteiger partial charge >= 0.3 is 12.1 Å². The molecule has 0 aromatic heterocycles. The van der Waals surface area contributed by atoms with Gasteiger partial charge < -0.3 is 14.7 Å². The predicted molar refractivity (Wildman–Crippen MR) is 70.0 cm³/mol. The maximum atomic E-state index is 12.1. The average Bonchev–Trinajstić information content (AvgIpc) is 2.75. The van der Waals surface area contributed by atoms with Gasteiger partial charge in [-0.15, -0.1) is 0 Å². The van der Waals surface area contributed by atoms with E-state index in [1.807, 2.05) is 0 Å². The lowest BCUT2D eigenvalue weighted by molar-refractivity contribution is -0.136. The van der Waals surface area contributed by atoms with Gasteiger partial charge in [-0.25, -0.2) is 13.2 Å². The van der Waals surface area contributed by atoms with Crippen molar-refractivity contribution in [1.82, 2.24) is 4.90 Å². The first-order valence-corrected chi connectivity index (χ1v) is 8.07. The third-order valence-electron chi connectivity index (χ3n) is 3.64. The van der Waals surface area contributed by atoms with Crippen LogP contribution in [-0.4, -0.2) is 59.7 Å². The van der Waals surface area contributed by atoms with E-state index in [1.54, 1.807) is 20.8 Å². The number of hydrogen-bond acceptors (Lipinski definition) is 5. The van der Waals surface area contributed by atoms with Crippen LogP contribution in [0.25, 0.3) is 0 Å². The van der Waals surface area contributed by atoms with E-state index in [-0.39, 0.29) is 25.4 Å². The third-order valence-corrected chi connectivity index (χ3v) is 6.21. The van der Waals surface area contributed by atoms with Gasteiger partial charge in [-0.2, -0.15) is 0 Å². The molecule has 0 aromatic carbocycles.